The van der Waals surface area contributed by atoms with E-state index in [-0.39, 0.29) is 24.8 Å². The van der Waals surface area contributed by atoms with Gasteiger partial charge in [-0.15, -0.1) is 0 Å². The fourth-order valence-electron chi connectivity index (χ4n) is 1.72. The number of rotatable bonds is 6. The SMILES string of the molecule is CC(C)c1cc(NC(=O)CCOc2cccc(F)c2)n[nH]1. The molecule has 2 N–H and O–H groups in total. The summed E-state index contributed by atoms with van der Waals surface area (Å²) in [6.45, 7) is 4.24. The van der Waals surface area contributed by atoms with Crippen LogP contribution in [-0.2, 0) is 4.79 Å². The first kappa shape index (κ1) is 15.0. The number of carbonyl (C=O) groups excluding carboxylic acids is 1. The summed E-state index contributed by atoms with van der Waals surface area (Å²) in [5.74, 6) is 0.654. The zero-order valence-electron chi connectivity index (χ0n) is 12.0. The molecule has 0 radical (unpaired) electrons. The van der Waals surface area contributed by atoms with E-state index in [0.29, 0.717) is 17.5 Å². The van der Waals surface area contributed by atoms with Crippen LogP contribution >= 0.6 is 0 Å². The highest BCUT2D eigenvalue weighted by molar-refractivity contribution is 5.89. The van der Waals surface area contributed by atoms with Crippen LogP contribution in [0, 0.1) is 5.82 Å². The molecule has 0 spiro atoms. The fraction of sp³-hybridized carbons (Fsp3) is 0.333. The van der Waals surface area contributed by atoms with Crippen LogP contribution in [0.2, 0.25) is 0 Å². The van der Waals surface area contributed by atoms with Gasteiger partial charge in [0.1, 0.15) is 11.6 Å². The Balaban J connectivity index is 1.77. The molecule has 1 heterocycles. The van der Waals surface area contributed by atoms with Crippen LogP contribution in [0.5, 0.6) is 5.75 Å². The number of carbonyl (C=O) groups is 1. The van der Waals surface area contributed by atoms with Crippen molar-refractivity contribution in [3.63, 3.8) is 0 Å². The van der Waals surface area contributed by atoms with Crippen LogP contribution in [0.3, 0.4) is 0 Å². The minimum Gasteiger partial charge on any atom is -0.493 e. The maximum atomic E-state index is 12.9. The summed E-state index contributed by atoms with van der Waals surface area (Å²) >= 11 is 0. The predicted octanol–water partition coefficient (Wildman–Crippen LogP) is 3.08. The molecule has 21 heavy (non-hydrogen) atoms. The molecule has 2 aromatic rings. The monoisotopic (exact) mass is 291 g/mol. The van der Waals surface area contributed by atoms with Crippen molar-refractivity contribution in [1.29, 1.82) is 0 Å². The standard InChI is InChI=1S/C15H18FN3O2/c1-10(2)13-9-14(19-18-13)17-15(20)6-7-21-12-5-3-4-11(16)8-12/h3-5,8-10H,6-7H2,1-2H3,(H2,17,18,19,20). The summed E-state index contributed by atoms with van der Waals surface area (Å²) in [7, 11) is 0. The highest BCUT2D eigenvalue weighted by Crippen LogP contribution is 2.15. The Morgan fingerprint density at radius 1 is 1.43 bits per heavy atom. The number of hydrogen-bond donors (Lipinski definition) is 2. The van der Waals surface area contributed by atoms with Gasteiger partial charge in [0.15, 0.2) is 5.82 Å². The number of aromatic nitrogens is 2. The van der Waals surface area contributed by atoms with Crippen molar-refractivity contribution < 1.29 is 13.9 Å². The van der Waals surface area contributed by atoms with Crippen molar-refractivity contribution in [3.05, 3.63) is 41.8 Å². The van der Waals surface area contributed by atoms with Crippen molar-refractivity contribution >= 4 is 11.7 Å². The molecule has 6 heteroatoms. The number of amides is 1. The van der Waals surface area contributed by atoms with E-state index in [1.54, 1.807) is 18.2 Å². The highest BCUT2D eigenvalue weighted by Gasteiger charge is 2.08. The smallest absolute Gasteiger partial charge is 0.229 e. The third kappa shape index (κ3) is 4.59. The molecule has 0 atom stereocenters. The maximum Gasteiger partial charge on any atom is 0.229 e. The van der Waals surface area contributed by atoms with Crippen molar-refractivity contribution in [2.45, 2.75) is 26.2 Å². The number of ether oxygens (including phenoxy) is 1. The quantitative estimate of drug-likeness (QED) is 0.859. The molecular formula is C15H18FN3O2. The predicted molar refractivity (Wildman–Crippen MR) is 77.8 cm³/mol. The summed E-state index contributed by atoms with van der Waals surface area (Å²) in [6.07, 6.45) is 0.167. The second kappa shape index (κ2) is 6.88. The highest BCUT2D eigenvalue weighted by atomic mass is 19.1. The molecule has 0 bridgehead atoms. The summed E-state index contributed by atoms with van der Waals surface area (Å²) < 4.78 is 18.2. The second-order valence-corrected chi connectivity index (χ2v) is 4.97. The van der Waals surface area contributed by atoms with E-state index < -0.39 is 0 Å². The normalized spacial score (nSPS) is 10.7. The summed E-state index contributed by atoms with van der Waals surface area (Å²) in [5.41, 5.74) is 0.960. The molecule has 1 amide bonds. The Morgan fingerprint density at radius 3 is 2.90 bits per heavy atom. The molecule has 112 valence electrons. The molecule has 0 saturated carbocycles. The van der Waals surface area contributed by atoms with Crippen LogP contribution in [0.25, 0.3) is 0 Å². The molecule has 0 aliphatic carbocycles. The first-order valence-corrected chi connectivity index (χ1v) is 6.78. The molecule has 1 aromatic heterocycles. The molecule has 0 saturated heterocycles. The lowest BCUT2D eigenvalue weighted by atomic mass is 10.1. The summed E-state index contributed by atoms with van der Waals surface area (Å²) in [6, 6.07) is 7.62. The Kier molecular flexibility index (Phi) is 4.92. The zero-order chi connectivity index (χ0) is 15.2. The number of benzene rings is 1. The van der Waals surface area contributed by atoms with E-state index in [4.69, 9.17) is 4.74 Å². The number of anilines is 1. The Bertz CT molecular complexity index is 610. The molecule has 2 rings (SSSR count). The number of halogens is 1. The van der Waals surface area contributed by atoms with Gasteiger partial charge in [-0.25, -0.2) is 4.39 Å². The second-order valence-electron chi connectivity index (χ2n) is 4.97. The van der Waals surface area contributed by atoms with Crippen LogP contribution in [0.1, 0.15) is 31.9 Å². The molecule has 0 fully saturated rings. The average Bonchev–Trinajstić information content (AvgIpc) is 2.87. The van der Waals surface area contributed by atoms with E-state index in [2.05, 4.69) is 15.5 Å². The van der Waals surface area contributed by atoms with Gasteiger partial charge in [0.05, 0.1) is 13.0 Å². The van der Waals surface area contributed by atoms with E-state index >= 15 is 0 Å². The van der Waals surface area contributed by atoms with Gasteiger partial charge in [-0.2, -0.15) is 5.10 Å². The number of aromatic amines is 1. The van der Waals surface area contributed by atoms with Crippen LogP contribution in [0.4, 0.5) is 10.2 Å². The Morgan fingerprint density at radius 2 is 2.24 bits per heavy atom. The number of H-pyrrole nitrogens is 1. The molecule has 0 aliphatic rings. The largest absolute Gasteiger partial charge is 0.493 e. The lowest BCUT2D eigenvalue weighted by Gasteiger charge is -2.05. The third-order valence-electron chi connectivity index (χ3n) is 2.88. The van der Waals surface area contributed by atoms with Gasteiger partial charge in [0.2, 0.25) is 5.91 Å². The Labute approximate surface area is 122 Å². The topological polar surface area (TPSA) is 67.0 Å². The molecular weight excluding hydrogens is 273 g/mol. The van der Waals surface area contributed by atoms with E-state index in [0.717, 1.165) is 5.69 Å². The van der Waals surface area contributed by atoms with Crippen molar-refractivity contribution in [2.75, 3.05) is 11.9 Å². The first-order valence-electron chi connectivity index (χ1n) is 6.78. The van der Waals surface area contributed by atoms with Gasteiger partial charge in [-0.1, -0.05) is 19.9 Å². The lowest BCUT2D eigenvalue weighted by molar-refractivity contribution is -0.116. The third-order valence-corrected chi connectivity index (χ3v) is 2.88. The van der Waals surface area contributed by atoms with Gasteiger partial charge in [0.25, 0.3) is 0 Å². The molecule has 5 nitrogen and oxygen atoms in total. The van der Waals surface area contributed by atoms with Gasteiger partial charge in [-0.3, -0.25) is 9.89 Å². The zero-order valence-corrected chi connectivity index (χ0v) is 12.0. The summed E-state index contributed by atoms with van der Waals surface area (Å²) in [5, 5.41) is 9.55. The van der Waals surface area contributed by atoms with Crippen molar-refractivity contribution in [1.82, 2.24) is 10.2 Å². The van der Waals surface area contributed by atoms with E-state index in [1.165, 1.54) is 12.1 Å². The fourth-order valence-corrected chi connectivity index (χ4v) is 1.72. The lowest BCUT2D eigenvalue weighted by Crippen LogP contribution is -2.15. The number of nitrogens with one attached hydrogen (secondary N) is 2. The van der Waals surface area contributed by atoms with Crippen LogP contribution in [0.15, 0.2) is 30.3 Å². The summed E-state index contributed by atoms with van der Waals surface area (Å²) in [4.78, 5) is 11.7. The van der Waals surface area contributed by atoms with Crippen LogP contribution < -0.4 is 10.1 Å². The molecule has 0 unspecified atom stereocenters. The maximum absolute atomic E-state index is 12.9. The van der Waals surface area contributed by atoms with Gasteiger partial charge >= 0.3 is 0 Å². The molecule has 1 aromatic carbocycles. The van der Waals surface area contributed by atoms with Gasteiger partial charge in [-0.05, 0) is 18.1 Å². The van der Waals surface area contributed by atoms with Crippen LogP contribution in [-0.4, -0.2) is 22.7 Å². The average molecular weight is 291 g/mol. The molecule has 0 aliphatic heterocycles. The minimum absolute atomic E-state index is 0.167. The number of nitrogens with zero attached hydrogens (tertiary/aromatic N) is 1. The number of hydrogen-bond acceptors (Lipinski definition) is 3. The van der Waals surface area contributed by atoms with Gasteiger partial charge < -0.3 is 10.1 Å². The first-order chi connectivity index (χ1) is 10.0. The minimum atomic E-state index is -0.366. The van der Waals surface area contributed by atoms with Gasteiger partial charge in [0, 0.05) is 17.8 Å². The van der Waals surface area contributed by atoms with E-state index in [1.807, 2.05) is 13.8 Å². The van der Waals surface area contributed by atoms with E-state index in [9.17, 15) is 9.18 Å². The Hall–Kier alpha value is -2.37. The van der Waals surface area contributed by atoms with Crippen molar-refractivity contribution in [3.8, 4) is 5.75 Å². The van der Waals surface area contributed by atoms with Crippen molar-refractivity contribution in [2.24, 2.45) is 0 Å².